The molecule has 1 aromatic rings. The molecule has 1 saturated carbocycles. The largest absolute Gasteiger partial charge is 0.391 e. The highest BCUT2D eigenvalue weighted by atomic mass is 79.9. The van der Waals surface area contributed by atoms with Crippen molar-refractivity contribution in [2.45, 2.75) is 37.8 Å². The lowest BCUT2D eigenvalue weighted by Crippen LogP contribution is -2.44. The highest BCUT2D eigenvalue weighted by Crippen LogP contribution is 2.32. The molecule has 1 aromatic heterocycles. The highest BCUT2D eigenvalue weighted by Gasteiger charge is 2.28. The number of likely N-dealkylation sites (N-methyl/N-ethyl adjacent to an activating group) is 1. The summed E-state index contributed by atoms with van der Waals surface area (Å²) in [6.45, 7) is 0. The molecule has 2 unspecified atom stereocenters. The van der Waals surface area contributed by atoms with Gasteiger partial charge in [0, 0.05) is 7.05 Å². The highest BCUT2D eigenvalue weighted by molar-refractivity contribution is 9.10. The van der Waals surface area contributed by atoms with Crippen LogP contribution in [0.2, 0.25) is 0 Å². The van der Waals surface area contributed by atoms with E-state index in [0.717, 1.165) is 31.5 Å². The van der Waals surface area contributed by atoms with Crippen LogP contribution in [0.4, 0.5) is 11.6 Å². The fourth-order valence-electron chi connectivity index (χ4n) is 2.41. The van der Waals surface area contributed by atoms with Gasteiger partial charge in [0.2, 0.25) is 0 Å². The molecule has 2 rings (SSSR count). The number of nitrogens with one attached hydrogen (secondary N) is 1. The number of hydrogen-bond acceptors (Lipinski definition) is 6. The van der Waals surface area contributed by atoms with E-state index in [9.17, 15) is 5.11 Å². The fraction of sp³-hybridized carbons (Fsp3) is 0.636. The first kappa shape index (κ1) is 13.5. The van der Waals surface area contributed by atoms with E-state index in [0.29, 0.717) is 10.3 Å². The molecule has 0 amide bonds. The molecular formula is C11H18BrN5O. The number of halogens is 1. The first-order valence-electron chi connectivity index (χ1n) is 6.03. The second-order valence-electron chi connectivity index (χ2n) is 4.53. The normalized spacial score (nSPS) is 23.8. The predicted octanol–water partition coefficient (Wildman–Crippen LogP) is 1.26. The minimum atomic E-state index is -0.306. The summed E-state index contributed by atoms with van der Waals surface area (Å²) in [6.07, 6.45) is 5.20. The molecule has 0 bridgehead atoms. The van der Waals surface area contributed by atoms with E-state index in [1.165, 1.54) is 6.33 Å². The van der Waals surface area contributed by atoms with Crippen molar-refractivity contribution in [2.75, 3.05) is 17.4 Å². The number of anilines is 2. The maximum Gasteiger partial charge on any atom is 0.159 e. The van der Waals surface area contributed by atoms with Crippen molar-refractivity contribution in [1.82, 2.24) is 9.97 Å². The molecule has 0 aromatic carbocycles. The van der Waals surface area contributed by atoms with Crippen molar-refractivity contribution in [3.05, 3.63) is 10.8 Å². The summed E-state index contributed by atoms with van der Waals surface area (Å²) in [4.78, 5) is 10.3. The predicted molar refractivity (Wildman–Crippen MR) is 74.2 cm³/mol. The molecule has 0 spiro atoms. The number of hydrazine groups is 1. The van der Waals surface area contributed by atoms with E-state index in [1.807, 2.05) is 11.9 Å². The van der Waals surface area contributed by atoms with Gasteiger partial charge >= 0.3 is 0 Å². The van der Waals surface area contributed by atoms with Gasteiger partial charge in [-0.2, -0.15) is 0 Å². The Morgan fingerprint density at radius 2 is 2.17 bits per heavy atom. The lowest BCUT2D eigenvalue weighted by Gasteiger charge is -2.36. The summed E-state index contributed by atoms with van der Waals surface area (Å²) < 4.78 is 0.716. The Hall–Kier alpha value is -0.920. The monoisotopic (exact) mass is 315 g/mol. The van der Waals surface area contributed by atoms with Crippen molar-refractivity contribution < 1.29 is 5.11 Å². The molecular weight excluding hydrogens is 298 g/mol. The number of aliphatic hydroxyl groups is 1. The zero-order valence-corrected chi connectivity index (χ0v) is 11.9. The van der Waals surface area contributed by atoms with Gasteiger partial charge in [-0.15, -0.1) is 0 Å². The van der Waals surface area contributed by atoms with Crippen molar-refractivity contribution in [3.8, 4) is 0 Å². The van der Waals surface area contributed by atoms with Crippen molar-refractivity contribution in [2.24, 2.45) is 5.84 Å². The summed E-state index contributed by atoms with van der Waals surface area (Å²) in [5.74, 6) is 6.67. The zero-order chi connectivity index (χ0) is 13.1. The Labute approximate surface area is 115 Å². The average molecular weight is 316 g/mol. The van der Waals surface area contributed by atoms with Gasteiger partial charge in [-0.1, -0.05) is 12.8 Å². The summed E-state index contributed by atoms with van der Waals surface area (Å²) in [6, 6.07) is 0.0931. The average Bonchev–Trinajstić information content (AvgIpc) is 2.39. The molecule has 18 heavy (non-hydrogen) atoms. The van der Waals surface area contributed by atoms with E-state index in [2.05, 4.69) is 31.3 Å². The van der Waals surface area contributed by atoms with Gasteiger partial charge in [-0.05, 0) is 28.8 Å². The van der Waals surface area contributed by atoms with Gasteiger partial charge in [0.25, 0.3) is 0 Å². The van der Waals surface area contributed by atoms with Crippen LogP contribution in [0.3, 0.4) is 0 Å². The van der Waals surface area contributed by atoms with Crippen LogP contribution in [0.5, 0.6) is 0 Å². The Balaban J connectivity index is 2.24. The SMILES string of the molecule is CN(c1ncnc(NN)c1Br)C1CCCCC1O. The molecule has 1 heterocycles. The van der Waals surface area contributed by atoms with Crippen LogP contribution in [-0.2, 0) is 0 Å². The topological polar surface area (TPSA) is 87.3 Å². The molecule has 4 N–H and O–H groups in total. The fourth-order valence-corrected chi connectivity index (χ4v) is 3.01. The number of aromatic nitrogens is 2. The second kappa shape index (κ2) is 5.81. The first-order chi connectivity index (χ1) is 8.65. The Morgan fingerprint density at radius 3 is 2.83 bits per heavy atom. The number of nitrogen functional groups attached to an aromatic ring is 1. The minimum absolute atomic E-state index is 0.0931. The summed E-state index contributed by atoms with van der Waals surface area (Å²) in [7, 11) is 1.94. The maximum absolute atomic E-state index is 10.1. The van der Waals surface area contributed by atoms with Gasteiger partial charge in [0.05, 0.1) is 12.1 Å². The minimum Gasteiger partial charge on any atom is -0.391 e. The van der Waals surface area contributed by atoms with Crippen LogP contribution in [0.15, 0.2) is 10.8 Å². The van der Waals surface area contributed by atoms with Gasteiger partial charge in [-0.3, -0.25) is 0 Å². The Bertz CT molecular complexity index is 416. The molecule has 0 radical (unpaired) electrons. The van der Waals surface area contributed by atoms with E-state index >= 15 is 0 Å². The third kappa shape index (κ3) is 2.57. The van der Waals surface area contributed by atoms with Crippen LogP contribution in [-0.4, -0.2) is 34.3 Å². The molecule has 2 atom stereocenters. The molecule has 0 saturated heterocycles. The first-order valence-corrected chi connectivity index (χ1v) is 6.82. The number of aliphatic hydroxyl groups excluding tert-OH is 1. The Morgan fingerprint density at radius 1 is 1.44 bits per heavy atom. The summed E-state index contributed by atoms with van der Waals surface area (Å²) >= 11 is 3.44. The quantitative estimate of drug-likeness (QED) is 0.575. The van der Waals surface area contributed by atoms with E-state index in [4.69, 9.17) is 5.84 Å². The van der Waals surface area contributed by atoms with Gasteiger partial charge in [0.1, 0.15) is 16.6 Å². The number of hydrogen-bond donors (Lipinski definition) is 3. The number of nitrogens with zero attached hydrogens (tertiary/aromatic N) is 3. The van der Waals surface area contributed by atoms with Crippen molar-refractivity contribution >= 4 is 27.6 Å². The molecule has 100 valence electrons. The smallest absolute Gasteiger partial charge is 0.159 e. The van der Waals surface area contributed by atoms with E-state index in [1.54, 1.807) is 0 Å². The number of rotatable bonds is 3. The van der Waals surface area contributed by atoms with Crippen molar-refractivity contribution in [1.29, 1.82) is 0 Å². The molecule has 7 heteroatoms. The Kier molecular flexibility index (Phi) is 4.36. The van der Waals surface area contributed by atoms with Crippen molar-refractivity contribution in [3.63, 3.8) is 0 Å². The van der Waals surface area contributed by atoms with Crippen LogP contribution in [0.25, 0.3) is 0 Å². The van der Waals surface area contributed by atoms with Gasteiger partial charge in [-0.25, -0.2) is 15.8 Å². The van der Waals surface area contributed by atoms with Crippen LogP contribution < -0.4 is 16.2 Å². The van der Waals surface area contributed by atoms with Crippen LogP contribution in [0.1, 0.15) is 25.7 Å². The lowest BCUT2D eigenvalue weighted by atomic mass is 9.91. The van der Waals surface area contributed by atoms with Gasteiger partial charge < -0.3 is 15.4 Å². The van der Waals surface area contributed by atoms with Crippen LogP contribution in [0, 0.1) is 0 Å². The summed E-state index contributed by atoms with van der Waals surface area (Å²) in [5.41, 5.74) is 2.52. The second-order valence-corrected chi connectivity index (χ2v) is 5.33. The van der Waals surface area contributed by atoms with E-state index in [-0.39, 0.29) is 12.1 Å². The van der Waals surface area contributed by atoms with E-state index < -0.39 is 0 Å². The third-order valence-corrected chi connectivity index (χ3v) is 4.16. The third-order valence-electron chi connectivity index (χ3n) is 3.43. The molecule has 1 aliphatic carbocycles. The van der Waals surface area contributed by atoms with Crippen LogP contribution >= 0.6 is 15.9 Å². The maximum atomic E-state index is 10.1. The molecule has 6 nitrogen and oxygen atoms in total. The summed E-state index contributed by atoms with van der Waals surface area (Å²) in [5, 5.41) is 10.1. The zero-order valence-electron chi connectivity index (χ0n) is 10.3. The molecule has 0 aliphatic heterocycles. The van der Waals surface area contributed by atoms with Gasteiger partial charge in [0.15, 0.2) is 5.82 Å². The molecule has 1 aliphatic rings. The molecule has 1 fully saturated rings. The standard InChI is InChI=1S/C11H18BrN5O/c1-17(7-4-2-3-5-8(7)18)11-9(12)10(16-13)14-6-15-11/h6-8,18H,2-5,13H2,1H3,(H,14,15,16). The lowest BCUT2D eigenvalue weighted by molar-refractivity contribution is 0.106. The number of nitrogens with two attached hydrogens (primary N) is 1.